The number of rotatable bonds is 3. The van der Waals surface area contributed by atoms with Crippen molar-refractivity contribution in [1.82, 2.24) is 19.7 Å². The lowest BCUT2D eigenvalue weighted by Gasteiger charge is -2.35. The maximum absolute atomic E-state index is 13.8. The number of aromatic hydroxyl groups is 1. The van der Waals surface area contributed by atoms with E-state index in [-0.39, 0.29) is 35.6 Å². The number of nitrogens with zero attached hydrogens (tertiary/aromatic N) is 3. The summed E-state index contributed by atoms with van der Waals surface area (Å²) in [5.74, 6) is -3.58. The van der Waals surface area contributed by atoms with Gasteiger partial charge >= 0.3 is 0 Å². The van der Waals surface area contributed by atoms with Crippen LogP contribution in [0.1, 0.15) is 39.3 Å². The molecule has 2 aromatic rings. The largest absolute Gasteiger partial charge is 0.503 e. The second kappa shape index (κ2) is 7.16. The summed E-state index contributed by atoms with van der Waals surface area (Å²) in [6.45, 7) is 1.50. The highest BCUT2D eigenvalue weighted by atomic mass is 19.1. The van der Waals surface area contributed by atoms with Crippen LogP contribution in [0.2, 0.25) is 0 Å². The van der Waals surface area contributed by atoms with Gasteiger partial charge in [-0.25, -0.2) is 8.78 Å². The maximum atomic E-state index is 13.8. The Morgan fingerprint density at radius 2 is 2.03 bits per heavy atom. The first-order chi connectivity index (χ1) is 14.8. The van der Waals surface area contributed by atoms with E-state index < -0.39 is 34.6 Å². The number of aromatic nitrogens is 1. The van der Waals surface area contributed by atoms with Crippen molar-refractivity contribution >= 4 is 11.8 Å². The van der Waals surface area contributed by atoms with E-state index in [4.69, 9.17) is 0 Å². The molecule has 3 aliphatic rings. The number of amides is 2. The van der Waals surface area contributed by atoms with E-state index in [1.165, 1.54) is 16.8 Å². The summed E-state index contributed by atoms with van der Waals surface area (Å²) in [7, 11) is 0. The van der Waals surface area contributed by atoms with Gasteiger partial charge in [0.05, 0.1) is 6.54 Å². The molecule has 162 valence electrons. The molecule has 1 aromatic heterocycles. The molecule has 0 spiro atoms. The summed E-state index contributed by atoms with van der Waals surface area (Å²) < 4.78 is 28.3. The molecular formula is C21H20F2N4O4. The van der Waals surface area contributed by atoms with Crippen molar-refractivity contribution in [2.45, 2.75) is 38.1 Å². The van der Waals surface area contributed by atoms with Gasteiger partial charge < -0.3 is 19.9 Å². The average Bonchev–Trinajstić information content (AvgIpc) is 3.32. The zero-order valence-corrected chi connectivity index (χ0v) is 16.5. The number of hydrogen-bond donors (Lipinski definition) is 2. The molecule has 0 radical (unpaired) electrons. The lowest BCUT2D eigenvalue weighted by Crippen LogP contribution is -2.50. The van der Waals surface area contributed by atoms with Gasteiger partial charge in [-0.3, -0.25) is 19.3 Å². The van der Waals surface area contributed by atoms with Gasteiger partial charge in [-0.05, 0) is 18.9 Å². The summed E-state index contributed by atoms with van der Waals surface area (Å²) in [5.41, 5.74) is -1.38. The molecule has 10 heteroatoms. The minimum absolute atomic E-state index is 0.0499. The standard InChI is InChI=1S/C21H20F2N4O4/c22-12-4-3-11(15(23)6-12)7-24-20(30)14-9-25-10-16-26-5-1-2-13(26)8-27(16)21(31)17(25)19(29)18(14)28/h3-4,6,9,13,16,29H,1-2,5,7-8,10H2,(H,24,30)/t13-,16+/m1/s1. The summed E-state index contributed by atoms with van der Waals surface area (Å²) in [6.07, 6.45) is 3.14. The highest BCUT2D eigenvalue weighted by molar-refractivity contribution is 5.99. The Morgan fingerprint density at radius 3 is 2.81 bits per heavy atom. The average molecular weight is 430 g/mol. The Balaban J connectivity index is 1.43. The fourth-order valence-electron chi connectivity index (χ4n) is 4.82. The summed E-state index contributed by atoms with van der Waals surface area (Å²) >= 11 is 0. The van der Waals surface area contributed by atoms with Crippen molar-refractivity contribution in [2.75, 3.05) is 13.1 Å². The molecule has 0 bridgehead atoms. The number of nitrogens with one attached hydrogen (secondary N) is 1. The zero-order valence-electron chi connectivity index (χ0n) is 16.5. The molecule has 2 N–H and O–H groups in total. The lowest BCUT2D eigenvalue weighted by molar-refractivity contribution is 0.0513. The molecular weight excluding hydrogens is 410 g/mol. The predicted octanol–water partition coefficient (Wildman–Crippen LogP) is 1.02. The molecule has 2 fully saturated rings. The first kappa shape index (κ1) is 19.7. The van der Waals surface area contributed by atoms with Gasteiger partial charge in [0.1, 0.15) is 23.4 Å². The highest BCUT2D eigenvalue weighted by Crippen LogP contribution is 2.35. The molecule has 8 nitrogen and oxygen atoms in total. The highest BCUT2D eigenvalue weighted by Gasteiger charge is 2.48. The lowest BCUT2D eigenvalue weighted by atomic mass is 10.1. The number of halogens is 2. The molecule has 2 atom stereocenters. The van der Waals surface area contributed by atoms with E-state index >= 15 is 0 Å². The molecule has 2 amide bonds. The smallest absolute Gasteiger partial charge is 0.275 e. The van der Waals surface area contributed by atoms with E-state index in [0.717, 1.165) is 25.5 Å². The van der Waals surface area contributed by atoms with Crippen LogP contribution >= 0.6 is 0 Å². The van der Waals surface area contributed by atoms with E-state index in [9.17, 15) is 28.3 Å². The predicted molar refractivity (Wildman–Crippen MR) is 104 cm³/mol. The number of benzene rings is 1. The van der Waals surface area contributed by atoms with Gasteiger partial charge in [-0.1, -0.05) is 6.07 Å². The molecule has 4 heterocycles. The second-order valence-corrected chi connectivity index (χ2v) is 8.11. The van der Waals surface area contributed by atoms with Crippen LogP contribution < -0.4 is 10.7 Å². The van der Waals surface area contributed by atoms with Crippen LogP contribution in [0, 0.1) is 11.6 Å². The van der Waals surface area contributed by atoms with Crippen molar-refractivity contribution in [2.24, 2.45) is 0 Å². The van der Waals surface area contributed by atoms with Crippen LogP contribution in [0.3, 0.4) is 0 Å². The van der Waals surface area contributed by atoms with E-state index in [1.54, 1.807) is 4.90 Å². The van der Waals surface area contributed by atoms with Crippen LogP contribution in [0.15, 0.2) is 29.2 Å². The molecule has 3 aliphatic heterocycles. The molecule has 0 aliphatic carbocycles. The van der Waals surface area contributed by atoms with Gasteiger partial charge in [0.2, 0.25) is 5.43 Å². The Labute approximate surface area is 175 Å². The zero-order chi connectivity index (χ0) is 21.9. The summed E-state index contributed by atoms with van der Waals surface area (Å²) in [5, 5.41) is 12.9. The van der Waals surface area contributed by atoms with Gasteiger partial charge in [0.25, 0.3) is 11.8 Å². The van der Waals surface area contributed by atoms with Crippen LogP contribution in [0.25, 0.3) is 0 Å². The Hall–Kier alpha value is -3.27. The SMILES string of the molecule is O=C(NCc1ccc(F)cc1F)c1cn2c(c(O)c1=O)C(=O)N1C[C@H]3CCCN3[C@@H]1C2. The molecule has 2 saturated heterocycles. The first-order valence-corrected chi connectivity index (χ1v) is 10.1. The van der Waals surface area contributed by atoms with Crippen LogP contribution in [-0.2, 0) is 13.1 Å². The quantitative estimate of drug-likeness (QED) is 0.759. The number of fused-ring (bicyclic) bond motifs is 4. The number of carbonyl (C=O) groups is 2. The Kier molecular flexibility index (Phi) is 4.54. The van der Waals surface area contributed by atoms with Gasteiger partial charge in [-0.2, -0.15) is 0 Å². The van der Waals surface area contributed by atoms with Gasteiger partial charge in [0.15, 0.2) is 11.4 Å². The minimum Gasteiger partial charge on any atom is -0.503 e. The molecule has 5 rings (SSSR count). The number of hydrogen-bond acceptors (Lipinski definition) is 5. The van der Waals surface area contributed by atoms with Crippen LogP contribution in [0.5, 0.6) is 5.75 Å². The molecule has 31 heavy (non-hydrogen) atoms. The Bertz CT molecular complexity index is 1160. The fourth-order valence-corrected chi connectivity index (χ4v) is 4.82. The van der Waals surface area contributed by atoms with Crippen LogP contribution in [-0.4, -0.2) is 56.6 Å². The van der Waals surface area contributed by atoms with E-state index in [1.807, 2.05) is 0 Å². The molecule has 1 aromatic carbocycles. The summed E-state index contributed by atoms with van der Waals surface area (Å²) in [4.78, 5) is 42.1. The number of carbonyl (C=O) groups excluding carboxylic acids is 2. The topological polar surface area (TPSA) is 94.9 Å². The van der Waals surface area contributed by atoms with Crippen molar-refractivity contribution in [1.29, 1.82) is 0 Å². The van der Waals surface area contributed by atoms with Gasteiger partial charge in [-0.15, -0.1) is 0 Å². The third-order valence-electron chi connectivity index (χ3n) is 6.35. The normalized spacial score (nSPS) is 22.3. The van der Waals surface area contributed by atoms with Gasteiger partial charge in [0, 0.05) is 43.5 Å². The molecule has 0 saturated carbocycles. The number of pyridine rings is 1. The summed E-state index contributed by atoms with van der Waals surface area (Å²) in [6, 6.07) is 3.23. The minimum atomic E-state index is -0.963. The third kappa shape index (κ3) is 3.09. The van der Waals surface area contributed by atoms with E-state index in [2.05, 4.69) is 10.2 Å². The van der Waals surface area contributed by atoms with Crippen molar-refractivity contribution in [3.05, 3.63) is 63.1 Å². The fraction of sp³-hybridized carbons (Fsp3) is 0.381. The Morgan fingerprint density at radius 1 is 1.23 bits per heavy atom. The van der Waals surface area contributed by atoms with Crippen molar-refractivity contribution < 1.29 is 23.5 Å². The van der Waals surface area contributed by atoms with E-state index in [0.29, 0.717) is 19.2 Å². The van der Waals surface area contributed by atoms with Crippen molar-refractivity contribution in [3.63, 3.8) is 0 Å². The third-order valence-corrected chi connectivity index (χ3v) is 6.35. The first-order valence-electron chi connectivity index (χ1n) is 10.1. The van der Waals surface area contributed by atoms with Crippen LogP contribution in [0.4, 0.5) is 8.78 Å². The monoisotopic (exact) mass is 430 g/mol. The van der Waals surface area contributed by atoms with Crippen molar-refractivity contribution in [3.8, 4) is 5.75 Å². The second-order valence-electron chi connectivity index (χ2n) is 8.11. The molecule has 0 unspecified atom stereocenters. The maximum Gasteiger partial charge on any atom is 0.275 e.